The molecule has 0 aromatic heterocycles. The number of hydrogen-bond acceptors (Lipinski definition) is 3. The zero-order chi connectivity index (χ0) is 13.2. The highest BCUT2D eigenvalue weighted by molar-refractivity contribution is 5.36. The molecule has 3 nitrogen and oxygen atoms in total. The minimum atomic E-state index is 0.0491. The molecule has 0 saturated heterocycles. The maximum Gasteiger partial charge on any atom is 0.124 e. The summed E-state index contributed by atoms with van der Waals surface area (Å²) in [7, 11) is 1.65. The van der Waals surface area contributed by atoms with Crippen LogP contribution in [0, 0.1) is 0 Å². The van der Waals surface area contributed by atoms with Gasteiger partial charge in [0.15, 0.2) is 0 Å². The molecule has 0 aliphatic heterocycles. The predicted molar refractivity (Wildman–Crippen MR) is 72.7 cm³/mol. The van der Waals surface area contributed by atoms with E-state index < -0.39 is 0 Å². The van der Waals surface area contributed by atoms with E-state index >= 15 is 0 Å². The number of hydrogen-bond donors (Lipinski definition) is 1. The molecule has 0 radical (unpaired) electrons. The predicted octanol–water partition coefficient (Wildman–Crippen LogP) is 3.28. The van der Waals surface area contributed by atoms with Crippen LogP contribution in [0.1, 0.15) is 43.7 Å². The molecule has 0 bridgehead atoms. The Hall–Kier alpha value is -1.06. The fraction of sp³-hybridized carbons (Fsp3) is 0.600. The van der Waals surface area contributed by atoms with Gasteiger partial charge < -0.3 is 14.6 Å². The SMILES string of the molecule is CCCCCCOCc1cc(CO)ccc1OC. The zero-order valence-electron chi connectivity index (χ0n) is 11.4. The van der Waals surface area contributed by atoms with E-state index in [0.29, 0.717) is 6.61 Å². The number of rotatable bonds is 9. The van der Waals surface area contributed by atoms with Gasteiger partial charge in [-0.25, -0.2) is 0 Å². The number of aliphatic hydroxyl groups is 1. The standard InChI is InChI=1S/C15H24O3/c1-3-4-5-6-9-18-12-14-10-13(11-16)7-8-15(14)17-2/h7-8,10,16H,3-6,9,11-12H2,1-2H3. The van der Waals surface area contributed by atoms with Gasteiger partial charge in [0.05, 0.1) is 20.3 Å². The number of aliphatic hydroxyl groups excluding tert-OH is 1. The molecule has 0 aliphatic rings. The summed E-state index contributed by atoms with van der Waals surface area (Å²) in [6.45, 7) is 3.58. The van der Waals surface area contributed by atoms with Crippen molar-refractivity contribution in [3.8, 4) is 5.75 Å². The van der Waals surface area contributed by atoms with Crippen molar-refractivity contribution in [2.24, 2.45) is 0 Å². The Morgan fingerprint density at radius 3 is 2.67 bits per heavy atom. The van der Waals surface area contributed by atoms with Gasteiger partial charge in [-0.1, -0.05) is 32.3 Å². The van der Waals surface area contributed by atoms with Crippen molar-refractivity contribution in [2.45, 2.75) is 45.8 Å². The second-order valence-electron chi connectivity index (χ2n) is 4.42. The maximum atomic E-state index is 9.11. The van der Waals surface area contributed by atoms with Crippen molar-refractivity contribution in [3.05, 3.63) is 29.3 Å². The molecule has 1 N–H and O–H groups in total. The van der Waals surface area contributed by atoms with Crippen molar-refractivity contribution in [1.82, 2.24) is 0 Å². The van der Waals surface area contributed by atoms with Crippen LogP contribution in [-0.2, 0) is 18.0 Å². The Balaban J connectivity index is 2.39. The van der Waals surface area contributed by atoms with E-state index in [1.807, 2.05) is 18.2 Å². The average Bonchev–Trinajstić information content (AvgIpc) is 2.42. The summed E-state index contributed by atoms with van der Waals surface area (Å²) in [5.74, 6) is 0.820. The molecule has 102 valence electrons. The minimum absolute atomic E-state index is 0.0491. The molecule has 0 aliphatic carbocycles. The second-order valence-corrected chi connectivity index (χ2v) is 4.42. The fourth-order valence-electron chi connectivity index (χ4n) is 1.86. The van der Waals surface area contributed by atoms with Crippen molar-refractivity contribution in [3.63, 3.8) is 0 Å². The van der Waals surface area contributed by atoms with Gasteiger partial charge >= 0.3 is 0 Å². The highest BCUT2D eigenvalue weighted by atomic mass is 16.5. The second kappa shape index (κ2) is 8.95. The molecule has 0 fully saturated rings. The smallest absolute Gasteiger partial charge is 0.124 e. The number of unbranched alkanes of at least 4 members (excludes halogenated alkanes) is 3. The number of benzene rings is 1. The summed E-state index contributed by atoms with van der Waals surface area (Å²) in [4.78, 5) is 0. The highest BCUT2D eigenvalue weighted by Crippen LogP contribution is 2.21. The molecule has 1 aromatic carbocycles. The van der Waals surface area contributed by atoms with Gasteiger partial charge in [0.2, 0.25) is 0 Å². The van der Waals surface area contributed by atoms with Crippen molar-refractivity contribution in [1.29, 1.82) is 0 Å². The molecule has 0 amide bonds. The normalized spacial score (nSPS) is 10.6. The van der Waals surface area contributed by atoms with Gasteiger partial charge in [-0.2, -0.15) is 0 Å². The first-order chi connectivity index (χ1) is 8.81. The summed E-state index contributed by atoms with van der Waals surface area (Å²) < 4.78 is 10.9. The van der Waals surface area contributed by atoms with Crippen LogP contribution in [0.2, 0.25) is 0 Å². The van der Waals surface area contributed by atoms with Crippen molar-refractivity contribution < 1.29 is 14.6 Å². The van der Waals surface area contributed by atoms with Gasteiger partial charge in [-0.3, -0.25) is 0 Å². The molecule has 0 atom stereocenters. The lowest BCUT2D eigenvalue weighted by atomic mass is 10.1. The Kier molecular flexibility index (Phi) is 7.46. The summed E-state index contributed by atoms with van der Waals surface area (Å²) in [5, 5.41) is 9.11. The molecule has 0 saturated carbocycles. The summed E-state index contributed by atoms with van der Waals surface area (Å²) in [6.07, 6.45) is 4.85. The first-order valence-electron chi connectivity index (χ1n) is 6.66. The van der Waals surface area contributed by atoms with Gasteiger partial charge in [-0.05, 0) is 24.1 Å². The van der Waals surface area contributed by atoms with E-state index in [-0.39, 0.29) is 6.61 Å². The molecular weight excluding hydrogens is 228 g/mol. The van der Waals surface area contributed by atoms with Crippen LogP contribution in [0.15, 0.2) is 18.2 Å². The third-order valence-electron chi connectivity index (χ3n) is 2.93. The highest BCUT2D eigenvalue weighted by Gasteiger charge is 2.04. The molecule has 1 rings (SSSR count). The first-order valence-corrected chi connectivity index (χ1v) is 6.66. The Morgan fingerprint density at radius 1 is 1.17 bits per heavy atom. The fourth-order valence-corrected chi connectivity index (χ4v) is 1.86. The van der Waals surface area contributed by atoms with E-state index in [1.165, 1.54) is 19.3 Å². The van der Waals surface area contributed by atoms with Gasteiger partial charge in [-0.15, -0.1) is 0 Å². The number of methoxy groups -OCH3 is 1. The lowest BCUT2D eigenvalue weighted by Crippen LogP contribution is -1.99. The third kappa shape index (κ3) is 5.07. The summed E-state index contributed by atoms with van der Waals surface area (Å²) >= 11 is 0. The van der Waals surface area contributed by atoms with Crippen molar-refractivity contribution in [2.75, 3.05) is 13.7 Å². The van der Waals surface area contributed by atoms with E-state index in [1.54, 1.807) is 7.11 Å². The van der Waals surface area contributed by atoms with Gasteiger partial charge in [0.1, 0.15) is 5.75 Å². The molecular formula is C15H24O3. The lowest BCUT2D eigenvalue weighted by molar-refractivity contribution is 0.115. The van der Waals surface area contributed by atoms with E-state index in [9.17, 15) is 0 Å². The van der Waals surface area contributed by atoms with Crippen LogP contribution in [0.5, 0.6) is 5.75 Å². The topological polar surface area (TPSA) is 38.7 Å². The van der Waals surface area contributed by atoms with E-state index in [4.69, 9.17) is 14.6 Å². The molecule has 0 spiro atoms. The van der Waals surface area contributed by atoms with E-state index in [0.717, 1.165) is 29.9 Å². The van der Waals surface area contributed by atoms with Crippen LogP contribution in [0.3, 0.4) is 0 Å². The Bertz CT molecular complexity index is 337. The van der Waals surface area contributed by atoms with E-state index in [2.05, 4.69) is 6.92 Å². The van der Waals surface area contributed by atoms with Crippen LogP contribution in [0.4, 0.5) is 0 Å². The third-order valence-corrected chi connectivity index (χ3v) is 2.93. The molecule has 3 heteroatoms. The molecule has 0 unspecified atom stereocenters. The quantitative estimate of drug-likeness (QED) is 0.685. The van der Waals surface area contributed by atoms with Crippen LogP contribution >= 0.6 is 0 Å². The van der Waals surface area contributed by atoms with Gasteiger partial charge in [0.25, 0.3) is 0 Å². The summed E-state index contributed by atoms with van der Waals surface area (Å²) in [6, 6.07) is 5.68. The monoisotopic (exact) mass is 252 g/mol. The molecule has 18 heavy (non-hydrogen) atoms. The number of ether oxygens (including phenoxy) is 2. The lowest BCUT2D eigenvalue weighted by Gasteiger charge is -2.10. The molecule has 0 heterocycles. The van der Waals surface area contributed by atoms with Crippen molar-refractivity contribution >= 4 is 0 Å². The first kappa shape index (κ1) is 15.0. The van der Waals surface area contributed by atoms with Crippen LogP contribution in [0.25, 0.3) is 0 Å². The minimum Gasteiger partial charge on any atom is -0.496 e. The largest absolute Gasteiger partial charge is 0.496 e. The molecule has 1 aromatic rings. The zero-order valence-corrected chi connectivity index (χ0v) is 11.4. The Morgan fingerprint density at radius 2 is 2.00 bits per heavy atom. The van der Waals surface area contributed by atoms with Gasteiger partial charge in [0, 0.05) is 12.2 Å². The average molecular weight is 252 g/mol. The van der Waals surface area contributed by atoms with Crippen LogP contribution in [-0.4, -0.2) is 18.8 Å². The van der Waals surface area contributed by atoms with Crippen LogP contribution < -0.4 is 4.74 Å². The maximum absolute atomic E-state index is 9.11. The Labute approximate surface area is 110 Å². The summed E-state index contributed by atoms with van der Waals surface area (Å²) in [5.41, 5.74) is 1.89.